The number of hydrogen-bond donors (Lipinski definition) is 1. The summed E-state index contributed by atoms with van der Waals surface area (Å²) in [4.78, 5) is 18.5. The van der Waals surface area contributed by atoms with Gasteiger partial charge >= 0.3 is 5.97 Å². The number of rotatable bonds is 4. The number of carboxylic acids is 1. The van der Waals surface area contributed by atoms with E-state index in [2.05, 4.69) is 37.9 Å². The average molecular weight is 389 g/mol. The number of piperidine rings is 1. The van der Waals surface area contributed by atoms with Gasteiger partial charge in [0.1, 0.15) is 6.04 Å². The van der Waals surface area contributed by atoms with Crippen molar-refractivity contribution in [3.63, 3.8) is 0 Å². The lowest BCUT2D eigenvalue weighted by Crippen LogP contribution is -2.47. The van der Waals surface area contributed by atoms with Gasteiger partial charge in [-0.15, -0.1) is 0 Å². The van der Waals surface area contributed by atoms with E-state index in [9.17, 15) is 9.90 Å². The molecule has 0 radical (unpaired) electrons. The van der Waals surface area contributed by atoms with Crippen molar-refractivity contribution in [2.45, 2.75) is 38.3 Å². The van der Waals surface area contributed by atoms with Gasteiger partial charge in [-0.2, -0.15) is 0 Å². The zero-order valence-electron chi connectivity index (χ0n) is 13.7. The van der Waals surface area contributed by atoms with Crippen molar-refractivity contribution in [1.82, 2.24) is 9.88 Å². The highest BCUT2D eigenvalue weighted by molar-refractivity contribution is 9.10. The van der Waals surface area contributed by atoms with E-state index >= 15 is 0 Å². The normalized spacial score (nSPS) is 19.8. The topological polar surface area (TPSA) is 53.4 Å². The van der Waals surface area contributed by atoms with Crippen molar-refractivity contribution in [3.8, 4) is 0 Å². The first-order valence-corrected chi connectivity index (χ1v) is 9.03. The molecule has 3 rings (SSSR count). The molecular formula is C19H21BrN2O2. The third kappa shape index (κ3) is 3.52. The van der Waals surface area contributed by atoms with Gasteiger partial charge < -0.3 is 5.11 Å². The van der Waals surface area contributed by atoms with Gasteiger partial charge in [0, 0.05) is 10.7 Å². The van der Waals surface area contributed by atoms with E-state index in [1.165, 1.54) is 0 Å². The molecule has 4 nitrogen and oxygen atoms in total. The second kappa shape index (κ2) is 7.45. The number of aryl methyl sites for hydroxylation is 1. The van der Waals surface area contributed by atoms with Crippen LogP contribution in [0.4, 0.5) is 0 Å². The van der Waals surface area contributed by atoms with E-state index in [0.29, 0.717) is 6.42 Å². The SMILES string of the molecule is Cc1cccnc1C(c1cccc(Br)c1)N1CCCCC1C(=O)O. The van der Waals surface area contributed by atoms with E-state index in [1.807, 2.05) is 31.2 Å². The maximum absolute atomic E-state index is 11.8. The van der Waals surface area contributed by atoms with Crippen LogP contribution in [0.15, 0.2) is 47.1 Å². The Morgan fingerprint density at radius 2 is 2.17 bits per heavy atom. The summed E-state index contributed by atoms with van der Waals surface area (Å²) < 4.78 is 0.988. The number of carboxylic acid groups (broad SMARTS) is 1. The number of nitrogens with zero attached hydrogens (tertiary/aromatic N) is 2. The van der Waals surface area contributed by atoms with Crippen LogP contribution in [0, 0.1) is 6.92 Å². The summed E-state index contributed by atoms with van der Waals surface area (Å²) in [6.07, 6.45) is 4.44. The Labute approximate surface area is 150 Å². The lowest BCUT2D eigenvalue weighted by atomic mass is 9.92. The summed E-state index contributed by atoms with van der Waals surface area (Å²) in [6.45, 7) is 2.80. The lowest BCUT2D eigenvalue weighted by Gasteiger charge is -2.39. The minimum atomic E-state index is -0.747. The molecule has 126 valence electrons. The Kier molecular flexibility index (Phi) is 5.31. The molecule has 1 fully saturated rings. The van der Waals surface area contributed by atoms with Crippen LogP contribution in [-0.4, -0.2) is 33.5 Å². The van der Waals surface area contributed by atoms with Crippen LogP contribution in [0.2, 0.25) is 0 Å². The number of likely N-dealkylation sites (tertiary alicyclic amines) is 1. The molecule has 2 heterocycles. The van der Waals surface area contributed by atoms with E-state index in [4.69, 9.17) is 0 Å². The third-order valence-corrected chi connectivity index (χ3v) is 5.13. The molecule has 1 aliphatic heterocycles. The Bertz CT molecular complexity index is 735. The maximum Gasteiger partial charge on any atom is 0.320 e. The molecule has 2 aromatic rings. The second-order valence-corrected chi connectivity index (χ2v) is 7.17. The van der Waals surface area contributed by atoms with Crippen molar-refractivity contribution in [3.05, 3.63) is 63.9 Å². The third-order valence-electron chi connectivity index (χ3n) is 4.63. The first kappa shape index (κ1) is 17.1. The molecule has 0 saturated carbocycles. The number of aromatic nitrogens is 1. The number of aliphatic carboxylic acids is 1. The van der Waals surface area contributed by atoms with Gasteiger partial charge in [-0.3, -0.25) is 14.7 Å². The van der Waals surface area contributed by atoms with E-state index < -0.39 is 12.0 Å². The number of carbonyl (C=O) groups is 1. The Balaban J connectivity index is 2.11. The highest BCUT2D eigenvalue weighted by Crippen LogP contribution is 2.35. The van der Waals surface area contributed by atoms with Crippen LogP contribution < -0.4 is 0 Å². The summed E-state index contributed by atoms with van der Waals surface area (Å²) in [6, 6.07) is 11.4. The van der Waals surface area contributed by atoms with Crippen LogP contribution >= 0.6 is 15.9 Å². The molecule has 1 aromatic heterocycles. The molecule has 0 bridgehead atoms. The molecule has 24 heavy (non-hydrogen) atoms. The van der Waals surface area contributed by atoms with Crippen molar-refractivity contribution >= 4 is 21.9 Å². The molecule has 1 aliphatic rings. The van der Waals surface area contributed by atoms with Gasteiger partial charge in [-0.25, -0.2) is 0 Å². The van der Waals surface area contributed by atoms with Gasteiger partial charge in [-0.05, 0) is 55.6 Å². The fraction of sp³-hybridized carbons (Fsp3) is 0.368. The zero-order valence-corrected chi connectivity index (χ0v) is 15.2. The fourth-order valence-corrected chi connectivity index (χ4v) is 3.91. The molecule has 5 heteroatoms. The van der Waals surface area contributed by atoms with Gasteiger partial charge in [0.25, 0.3) is 0 Å². The minimum absolute atomic E-state index is 0.148. The van der Waals surface area contributed by atoms with Gasteiger partial charge in [0.05, 0.1) is 11.7 Å². The van der Waals surface area contributed by atoms with Crippen LogP contribution in [0.25, 0.3) is 0 Å². The smallest absolute Gasteiger partial charge is 0.320 e. The molecule has 0 amide bonds. The zero-order chi connectivity index (χ0) is 17.1. The van der Waals surface area contributed by atoms with Crippen LogP contribution in [0.3, 0.4) is 0 Å². The number of halogens is 1. The number of pyridine rings is 1. The van der Waals surface area contributed by atoms with Crippen molar-refractivity contribution < 1.29 is 9.90 Å². The highest BCUT2D eigenvalue weighted by atomic mass is 79.9. The van der Waals surface area contributed by atoms with Crippen LogP contribution in [-0.2, 0) is 4.79 Å². The lowest BCUT2D eigenvalue weighted by molar-refractivity contribution is -0.145. The van der Waals surface area contributed by atoms with E-state index in [-0.39, 0.29) is 6.04 Å². The van der Waals surface area contributed by atoms with Gasteiger partial charge in [0.2, 0.25) is 0 Å². The first-order chi connectivity index (χ1) is 11.6. The van der Waals surface area contributed by atoms with Gasteiger partial charge in [0.15, 0.2) is 0 Å². The molecule has 0 spiro atoms. The van der Waals surface area contributed by atoms with Crippen LogP contribution in [0.1, 0.15) is 42.1 Å². The largest absolute Gasteiger partial charge is 0.480 e. The Hall–Kier alpha value is -1.72. The standard InChI is InChI=1S/C19H21BrN2O2/c1-13-6-5-10-21-17(13)18(14-7-4-8-15(20)12-14)22-11-3-2-9-16(22)19(23)24/h4-8,10,12,16,18H,2-3,9,11H2,1H3,(H,23,24). The van der Waals surface area contributed by atoms with Crippen molar-refractivity contribution in [2.24, 2.45) is 0 Å². The summed E-state index contributed by atoms with van der Waals surface area (Å²) in [5.41, 5.74) is 3.08. The number of hydrogen-bond acceptors (Lipinski definition) is 3. The predicted molar refractivity (Wildman–Crippen MR) is 96.9 cm³/mol. The van der Waals surface area contributed by atoms with Crippen molar-refractivity contribution in [2.75, 3.05) is 6.54 Å². The Morgan fingerprint density at radius 3 is 2.88 bits per heavy atom. The maximum atomic E-state index is 11.8. The monoisotopic (exact) mass is 388 g/mol. The summed E-state index contributed by atoms with van der Waals surface area (Å²) in [7, 11) is 0. The summed E-state index contributed by atoms with van der Waals surface area (Å²) in [5, 5.41) is 9.70. The highest BCUT2D eigenvalue weighted by Gasteiger charge is 2.36. The van der Waals surface area contributed by atoms with E-state index in [1.54, 1.807) is 6.20 Å². The first-order valence-electron chi connectivity index (χ1n) is 8.23. The summed E-state index contributed by atoms with van der Waals surface area (Å²) >= 11 is 3.53. The molecule has 2 unspecified atom stereocenters. The molecule has 2 atom stereocenters. The Morgan fingerprint density at radius 1 is 1.33 bits per heavy atom. The number of benzene rings is 1. The molecule has 0 aliphatic carbocycles. The summed E-state index contributed by atoms with van der Waals surface area (Å²) in [5.74, 6) is -0.747. The molecule has 1 aromatic carbocycles. The quantitative estimate of drug-likeness (QED) is 0.853. The van der Waals surface area contributed by atoms with Crippen molar-refractivity contribution in [1.29, 1.82) is 0 Å². The molecule has 1 saturated heterocycles. The predicted octanol–water partition coefficient (Wildman–Crippen LogP) is 4.18. The molecular weight excluding hydrogens is 368 g/mol. The van der Waals surface area contributed by atoms with Crippen LogP contribution in [0.5, 0.6) is 0 Å². The fourth-order valence-electron chi connectivity index (χ4n) is 3.50. The molecule has 1 N–H and O–H groups in total. The van der Waals surface area contributed by atoms with Gasteiger partial charge in [-0.1, -0.05) is 40.5 Å². The average Bonchev–Trinajstić information content (AvgIpc) is 2.57. The second-order valence-electron chi connectivity index (χ2n) is 6.25. The van der Waals surface area contributed by atoms with E-state index in [0.717, 1.165) is 40.7 Å². The minimum Gasteiger partial charge on any atom is -0.480 e.